The van der Waals surface area contributed by atoms with Crippen molar-refractivity contribution in [1.29, 1.82) is 0 Å². The smallest absolute Gasteiger partial charge is 0.329 e. The van der Waals surface area contributed by atoms with Crippen LogP contribution in [0.5, 0.6) is 5.75 Å². The molecule has 0 saturated carbocycles. The van der Waals surface area contributed by atoms with E-state index in [0.717, 1.165) is 0 Å². The summed E-state index contributed by atoms with van der Waals surface area (Å²) in [7, 11) is 1.56. The van der Waals surface area contributed by atoms with Crippen LogP contribution in [-0.2, 0) is 20.9 Å². The number of halogens is 1. The van der Waals surface area contributed by atoms with Gasteiger partial charge >= 0.3 is 11.8 Å². The fraction of sp³-hybridized carbons (Fsp3) is 0.250. The van der Waals surface area contributed by atoms with Crippen LogP contribution < -0.4 is 15.5 Å². The first kappa shape index (κ1) is 21.0. The highest BCUT2D eigenvalue weighted by atomic mass is 19.1. The van der Waals surface area contributed by atoms with Crippen molar-refractivity contribution < 1.29 is 23.5 Å². The molecule has 0 spiro atoms. The van der Waals surface area contributed by atoms with Gasteiger partial charge in [-0.05, 0) is 41.8 Å². The number of hydrogen-bond acceptors (Lipinski definition) is 5. The summed E-state index contributed by atoms with van der Waals surface area (Å²) in [5, 5.41) is 6.22. The monoisotopic (exact) mass is 387 g/mol. The second kappa shape index (κ2) is 11.5. The van der Waals surface area contributed by atoms with Gasteiger partial charge in [0.25, 0.3) is 0 Å². The third kappa shape index (κ3) is 7.55. The zero-order chi connectivity index (χ0) is 20.2. The maximum atomic E-state index is 13.2. The molecule has 2 amide bonds. The Morgan fingerprint density at radius 1 is 1.14 bits per heavy atom. The lowest BCUT2D eigenvalue weighted by Crippen LogP contribution is -2.38. The Hall–Kier alpha value is -3.26. The number of nitrogens with zero attached hydrogens (tertiary/aromatic N) is 1. The van der Waals surface area contributed by atoms with Crippen molar-refractivity contribution >= 4 is 18.0 Å². The van der Waals surface area contributed by atoms with Crippen LogP contribution in [0.4, 0.5) is 4.39 Å². The molecular formula is C20H22FN3O4. The fourth-order valence-electron chi connectivity index (χ4n) is 2.19. The number of methoxy groups -OCH3 is 1. The number of hydrogen-bond donors (Lipinski definition) is 2. The van der Waals surface area contributed by atoms with Gasteiger partial charge in [-0.2, -0.15) is 5.10 Å². The van der Waals surface area contributed by atoms with Gasteiger partial charge in [0, 0.05) is 20.3 Å². The maximum absolute atomic E-state index is 13.2. The van der Waals surface area contributed by atoms with Gasteiger partial charge in [0.15, 0.2) is 0 Å². The highest BCUT2D eigenvalue weighted by molar-refractivity contribution is 6.35. The van der Waals surface area contributed by atoms with Gasteiger partial charge in [0.05, 0.1) is 6.21 Å². The van der Waals surface area contributed by atoms with Gasteiger partial charge < -0.3 is 14.8 Å². The zero-order valence-electron chi connectivity index (χ0n) is 15.5. The third-order valence-corrected chi connectivity index (χ3v) is 3.55. The van der Waals surface area contributed by atoms with Crippen molar-refractivity contribution in [2.75, 3.05) is 20.3 Å². The quantitative estimate of drug-likeness (QED) is 0.298. The highest BCUT2D eigenvalue weighted by Gasteiger charge is 2.11. The molecule has 8 heteroatoms. The van der Waals surface area contributed by atoms with Gasteiger partial charge in [0.1, 0.15) is 18.2 Å². The molecule has 0 aliphatic carbocycles. The fourth-order valence-corrected chi connectivity index (χ4v) is 2.19. The summed E-state index contributed by atoms with van der Waals surface area (Å²) in [6.07, 6.45) is 2.01. The molecule has 2 rings (SSSR count). The van der Waals surface area contributed by atoms with Crippen LogP contribution >= 0.6 is 0 Å². The molecular weight excluding hydrogens is 365 g/mol. The minimum absolute atomic E-state index is 0.221. The molecule has 0 aromatic heterocycles. The minimum atomic E-state index is -0.854. The molecule has 0 aliphatic rings. The standard InChI is InChI=1S/C20H22FN3O4/c1-27-10-4-9-22-19(25)20(26)24-23-13-15-5-3-8-18(12-15)28-14-16-6-2-7-17(21)11-16/h2-3,5-8,11-13H,4,9-10,14H2,1H3,(H,22,25)(H,24,26)/b23-13-. The normalized spacial score (nSPS) is 10.6. The van der Waals surface area contributed by atoms with E-state index in [0.29, 0.717) is 36.4 Å². The molecule has 0 radical (unpaired) electrons. The van der Waals surface area contributed by atoms with Crippen molar-refractivity contribution in [3.05, 3.63) is 65.5 Å². The van der Waals surface area contributed by atoms with Crippen LogP contribution in [0.1, 0.15) is 17.5 Å². The van der Waals surface area contributed by atoms with Crippen LogP contribution in [-0.4, -0.2) is 38.3 Å². The van der Waals surface area contributed by atoms with Crippen LogP contribution in [0.2, 0.25) is 0 Å². The van der Waals surface area contributed by atoms with Crippen LogP contribution in [0, 0.1) is 5.82 Å². The lowest BCUT2D eigenvalue weighted by atomic mass is 10.2. The van der Waals surface area contributed by atoms with E-state index in [-0.39, 0.29) is 12.4 Å². The van der Waals surface area contributed by atoms with E-state index in [1.165, 1.54) is 18.3 Å². The van der Waals surface area contributed by atoms with Crippen LogP contribution in [0.15, 0.2) is 53.6 Å². The van der Waals surface area contributed by atoms with Crippen molar-refractivity contribution in [2.24, 2.45) is 5.10 Å². The molecule has 0 saturated heterocycles. The topological polar surface area (TPSA) is 89.0 Å². The SMILES string of the molecule is COCCCNC(=O)C(=O)N/N=C\c1cccc(OCc2cccc(F)c2)c1. The number of hydrazone groups is 1. The predicted octanol–water partition coefficient (Wildman–Crippen LogP) is 2.01. The molecule has 0 atom stereocenters. The summed E-state index contributed by atoms with van der Waals surface area (Å²) >= 11 is 0. The first-order chi connectivity index (χ1) is 13.6. The molecule has 0 unspecified atom stereocenters. The first-order valence-electron chi connectivity index (χ1n) is 8.66. The van der Waals surface area contributed by atoms with E-state index in [4.69, 9.17) is 9.47 Å². The van der Waals surface area contributed by atoms with Crippen molar-refractivity contribution in [1.82, 2.24) is 10.7 Å². The van der Waals surface area contributed by atoms with Gasteiger partial charge in [-0.1, -0.05) is 24.3 Å². The van der Waals surface area contributed by atoms with Crippen molar-refractivity contribution in [3.8, 4) is 5.75 Å². The number of nitrogens with one attached hydrogen (secondary N) is 2. The van der Waals surface area contributed by atoms with Gasteiger partial charge in [0.2, 0.25) is 0 Å². The Bertz CT molecular complexity index is 827. The molecule has 28 heavy (non-hydrogen) atoms. The van der Waals surface area contributed by atoms with Crippen LogP contribution in [0.3, 0.4) is 0 Å². The first-order valence-corrected chi connectivity index (χ1v) is 8.66. The molecule has 2 aromatic rings. The number of amides is 2. The summed E-state index contributed by atoms with van der Waals surface area (Å²) in [6, 6.07) is 13.1. The summed E-state index contributed by atoms with van der Waals surface area (Å²) < 4.78 is 23.7. The number of benzene rings is 2. The molecule has 148 valence electrons. The summed E-state index contributed by atoms with van der Waals surface area (Å²) in [6.45, 7) is 1.06. The van der Waals surface area contributed by atoms with Crippen LogP contribution in [0.25, 0.3) is 0 Å². The minimum Gasteiger partial charge on any atom is -0.489 e. The third-order valence-electron chi connectivity index (χ3n) is 3.55. The molecule has 0 aliphatic heterocycles. The van der Waals surface area contributed by atoms with Crippen molar-refractivity contribution in [3.63, 3.8) is 0 Å². The number of carbonyl (C=O) groups is 2. The Morgan fingerprint density at radius 3 is 2.75 bits per heavy atom. The van der Waals surface area contributed by atoms with Gasteiger partial charge in [-0.25, -0.2) is 9.82 Å². The Balaban J connectivity index is 1.81. The Morgan fingerprint density at radius 2 is 1.96 bits per heavy atom. The molecule has 2 N–H and O–H groups in total. The van der Waals surface area contributed by atoms with E-state index in [2.05, 4.69) is 15.8 Å². The number of ether oxygens (including phenoxy) is 2. The van der Waals surface area contributed by atoms with Gasteiger partial charge in [-0.15, -0.1) is 0 Å². The second-order valence-electron chi connectivity index (χ2n) is 5.79. The highest BCUT2D eigenvalue weighted by Crippen LogP contribution is 2.14. The second-order valence-corrected chi connectivity index (χ2v) is 5.79. The molecule has 0 fully saturated rings. The molecule has 0 heterocycles. The molecule has 0 bridgehead atoms. The maximum Gasteiger partial charge on any atom is 0.329 e. The zero-order valence-corrected chi connectivity index (χ0v) is 15.5. The van der Waals surface area contributed by atoms with E-state index in [1.54, 1.807) is 43.5 Å². The largest absolute Gasteiger partial charge is 0.489 e. The van der Waals surface area contributed by atoms with E-state index < -0.39 is 11.8 Å². The molecule has 7 nitrogen and oxygen atoms in total. The number of rotatable bonds is 9. The van der Waals surface area contributed by atoms with E-state index >= 15 is 0 Å². The average Bonchev–Trinajstić information content (AvgIpc) is 2.70. The van der Waals surface area contributed by atoms with Gasteiger partial charge in [-0.3, -0.25) is 9.59 Å². The van der Waals surface area contributed by atoms with E-state index in [1.807, 2.05) is 0 Å². The van der Waals surface area contributed by atoms with E-state index in [9.17, 15) is 14.0 Å². The molecule has 2 aromatic carbocycles. The summed E-state index contributed by atoms with van der Waals surface area (Å²) in [5.74, 6) is -1.37. The number of carbonyl (C=O) groups excluding carboxylic acids is 2. The Labute approximate surface area is 162 Å². The van der Waals surface area contributed by atoms with Crippen molar-refractivity contribution in [2.45, 2.75) is 13.0 Å². The lowest BCUT2D eigenvalue weighted by Gasteiger charge is -2.07. The predicted molar refractivity (Wildman–Crippen MR) is 102 cm³/mol. The summed E-state index contributed by atoms with van der Waals surface area (Å²) in [5.41, 5.74) is 3.54. The average molecular weight is 387 g/mol. The Kier molecular flexibility index (Phi) is 8.61. The summed E-state index contributed by atoms with van der Waals surface area (Å²) in [4.78, 5) is 23.2. The lowest BCUT2D eigenvalue weighted by molar-refractivity contribution is -0.139.